The van der Waals surface area contributed by atoms with Crippen molar-refractivity contribution in [3.05, 3.63) is 59.7 Å². The van der Waals surface area contributed by atoms with Crippen molar-refractivity contribution in [2.75, 3.05) is 20.7 Å². The van der Waals surface area contributed by atoms with Gasteiger partial charge in [-0.2, -0.15) is 0 Å². The number of nitrogens with one attached hydrogen (secondary N) is 1. The van der Waals surface area contributed by atoms with Crippen molar-refractivity contribution < 1.29 is 14.3 Å². The highest BCUT2D eigenvalue weighted by Crippen LogP contribution is 2.29. The van der Waals surface area contributed by atoms with Gasteiger partial charge in [0.25, 0.3) is 0 Å². The number of amides is 1. The second-order valence-corrected chi connectivity index (χ2v) is 6.25. The molecule has 26 heavy (non-hydrogen) atoms. The maximum absolute atomic E-state index is 12.0. The standard InChI is InChI=1S/C21H28N2O3/c1-5-22-21(24)16(2)23(3)14-18-11-12-19(20(13-18)25-4)26-15-17-9-7-6-8-10-17/h6-13,16H,5,14-15H2,1-4H3,(H,22,24)/t16-/m0/s1. The van der Waals surface area contributed by atoms with Gasteiger partial charge >= 0.3 is 0 Å². The number of nitrogens with zero attached hydrogens (tertiary/aromatic N) is 1. The lowest BCUT2D eigenvalue weighted by atomic mass is 10.1. The molecule has 0 aliphatic heterocycles. The normalized spacial score (nSPS) is 11.9. The van der Waals surface area contributed by atoms with E-state index in [4.69, 9.17) is 9.47 Å². The van der Waals surface area contributed by atoms with Gasteiger partial charge in [-0.25, -0.2) is 0 Å². The first kappa shape index (κ1) is 19.8. The molecule has 0 saturated carbocycles. The number of carbonyl (C=O) groups excluding carboxylic acids is 1. The first-order chi connectivity index (χ1) is 12.5. The number of methoxy groups -OCH3 is 1. The SMILES string of the molecule is CCNC(=O)[C@H](C)N(C)Cc1ccc(OCc2ccccc2)c(OC)c1. The molecule has 2 rings (SSSR count). The van der Waals surface area contributed by atoms with Crippen molar-refractivity contribution in [1.82, 2.24) is 10.2 Å². The van der Waals surface area contributed by atoms with Crippen molar-refractivity contribution in [2.45, 2.75) is 33.0 Å². The van der Waals surface area contributed by atoms with E-state index in [0.29, 0.717) is 31.2 Å². The van der Waals surface area contributed by atoms with Gasteiger partial charge in [0.2, 0.25) is 5.91 Å². The second kappa shape index (κ2) is 9.82. The van der Waals surface area contributed by atoms with Crippen LogP contribution in [-0.4, -0.2) is 37.6 Å². The third-order valence-corrected chi connectivity index (χ3v) is 4.29. The summed E-state index contributed by atoms with van der Waals surface area (Å²) in [5.74, 6) is 1.43. The van der Waals surface area contributed by atoms with E-state index in [2.05, 4.69) is 5.32 Å². The fourth-order valence-electron chi connectivity index (χ4n) is 2.61. The maximum Gasteiger partial charge on any atom is 0.237 e. The van der Waals surface area contributed by atoms with Crippen LogP contribution in [0, 0.1) is 0 Å². The van der Waals surface area contributed by atoms with Crippen molar-refractivity contribution in [3.63, 3.8) is 0 Å². The second-order valence-electron chi connectivity index (χ2n) is 6.25. The zero-order chi connectivity index (χ0) is 18.9. The zero-order valence-electron chi connectivity index (χ0n) is 16.0. The molecule has 0 saturated heterocycles. The fraction of sp³-hybridized carbons (Fsp3) is 0.381. The summed E-state index contributed by atoms with van der Waals surface area (Å²) >= 11 is 0. The lowest BCUT2D eigenvalue weighted by Crippen LogP contribution is -2.42. The molecule has 0 spiro atoms. The Balaban J connectivity index is 2.02. The largest absolute Gasteiger partial charge is 0.493 e. The van der Waals surface area contributed by atoms with E-state index in [-0.39, 0.29) is 11.9 Å². The molecule has 2 aromatic carbocycles. The van der Waals surface area contributed by atoms with E-state index in [1.807, 2.05) is 74.3 Å². The zero-order valence-corrected chi connectivity index (χ0v) is 16.0. The van der Waals surface area contributed by atoms with Crippen LogP contribution < -0.4 is 14.8 Å². The van der Waals surface area contributed by atoms with Crippen LogP contribution in [0.15, 0.2) is 48.5 Å². The van der Waals surface area contributed by atoms with Gasteiger partial charge in [-0.3, -0.25) is 9.69 Å². The molecule has 5 nitrogen and oxygen atoms in total. The third kappa shape index (κ3) is 5.49. The summed E-state index contributed by atoms with van der Waals surface area (Å²) in [6, 6.07) is 15.7. The van der Waals surface area contributed by atoms with E-state index in [0.717, 1.165) is 11.1 Å². The molecular formula is C21H28N2O3. The number of hydrogen-bond acceptors (Lipinski definition) is 4. The highest BCUT2D eigenvalue weighted by atomic mass is 16.5. The van der Waals surface area contributed by atoms with Gasteiger partial charge < -0.3 is 14.8 Å². The average molecular weight is 356 g/mol. The van der Waals surface area contributed by atoms with Crippen molar-refractivity contribution >= 4 is 5.91 Å². The van der Waals surface area contributed by atoms with Crippen LogP contribution in [0.25, 0.3) is 0 Å². The van der Waals surface area contributed by atoms with Gasteiger partial charge in [0.15, 0.2) is 11.5 Å². The van der Waals surface area contributed by atoms with Gasteiger partial charge in [-0.15, -0.1) is 0 Å². The lowest BCUT2D eigenvalue weighted by Gasteiger charge is -2.24. The molecule has 0 aromatic heterocycles. The molecule has 5 heteroatoms. The van der Waals surface area contributed by atoms with Crippen molar-refractivity contribution in [1.29, 1.82) is 0 Å². The molecule has 1 N–H and O–H groups in total. The molecule has 0 aliphatic carbocycles. The van der Waals surface area contributed by atoms with E-state index in [1.54, 1.807) is 7.11 Å². The quantitative estimate of drug-likeness (QED) is 0.749. The average Bonchev–Trinajstić information content (AvgIpc) is 2.67. The van der Waals surface area contributed by atoms with Crippen LogP contribution in [0.5, 0.6) is 11.5 Å². The van der Waals surface area contributed by atoms with Gasteiger partial charge in [0.1, 0.15) is 6.61 Å². The summed E-state index contributed by atoms with van der Waals surface area (Å²) < 4.78 is 11.4. The molecule has 1 atom stereocenters. The smallest absolute Gasteiger partial charge is 0.237 e. The Bertz CT molecular complexity index is 704. The summed E-state index contributed by atoms with van der Waals surface area (Å²) in [4.78, 5) is 14.0. The Labute approximate surface area is 155 Å². The van der Waals surface area contributed by atoms with Crippen molar-refractivity contribution in [2.24, 2.45) is 0 Å². The maximum atomic E-state index is 12.0. The molecule has 0 radical (unpaired) electrons. The molecular weight excluding hydrogens is 328 g/mol. The van der Waals surface area contributed by atoms with Gasteiger partial charge in [0, 0.05) is 13.1 Å². The minimum absolute atomic E-state index is 0.0322. The molecule has 0 bridgehead atoms. The summed E-state index contributed by atoms with van der Waals surface area (Å²) in [6.07, 6.45) is 0. The predicted molar refractivity (Wildman–Crippen MR) is 103 cm³/mol. The van der Waals surface area contributed by atoms with E-state index >= 15 is 0 Å². The van der Waals surface area contributed by atoms with Crippen LogP contribution in [-0.2, 0) is 17.9 Å². The third-order valence-electron chi connectivity index (χ3n) is 4.29. The highest BCUT2D eigenvalue weighted by Gasteiger charge is 2.18. The number of hydrogen-bond donors (Lipinski definition) is 1. The van der Waals surface area contributed by atoms with Gasteiger partial charge in [-0.05, 0) is 44.2 Å². The molecule has 140 valence electrons. The molecule has 0 fully saturated rings. The number of carbonyl (C=O) groups is 1. The first-order valence-corrected chi connectivity index (χ1v) is 8.86. The lowest BCUT2D eigenvalue weighted by molar-refractivity contribution is -0.125. The van der Waals surface area contributed by atoms with Crippen molar-refractivity contribution in [3.8, 4) is 11.5 Å². The molecule has 2 aromatic rings. The molecule has 1 amide bonds. The summed E-state index contributed by atoms with van der Waals surface area (Å²) in [7, 11) is 3.57. The Kier molecular flexibility index (Phi) is 7.48. The van der Waals surface area contributed by atoms with E-state index < -0.39 is 0 Å². The Hall–Kier alpha value is -2.53. The molecule has 0 aliphatic rings. The monoisotopic (exact) mass is 356 g/mol. The van der Waals surface area contributed by atoms with Crippen LogP contribution in [0.4, 0.5) is 0 Å². The fourth-order valence-corrected chi connectivity index (χ4v) is 2.61. The van der Waals surface area contributed by atoms with Gasteiger partial charge in [-0.1, -0.05) is 36.4 Å². The van der Waals surface area contributed by atoms with Crippen LogP contribution in [0.3, 0.4) is 0 Å². The Morgan fingerprint density at radius 1 is 1.12 bits per heavy atom. The number of likely N-dealkylation sites (N-methyl/N-ethyl adjacent to an activating group) is 2. The highest BCUT2D eigenvalue weighted by molar-refractivity contribution is 5.81. The Morgan fingerprint density at radius 3 is 2.50 bits per heavy atom. The van der Waals surface area contributed by atoms with Crippen LogP contribution >= 0.6 is 0 Å². The van der Waals surface area contributed by atoms with Gasteiger partial charge in [0.05, 0.1) is 13.2 Å². The minimum Gasteiger partial charge on any atom is -0.493 e. The number of benzene rings is 2. The van der Waals surface area contributed by atoms with Crippen LogP contribution in [0.2, 0.25) is 0 Å². The summed E-state index contributed by atoms with van der Waals surface area (Å²) in [6.45, 7) is 5.60. The summed E-state index contributed by atoms with van der Waals surface area (Å²) in [5.41, 5.74) is 2.17. The number of rotatable bonds is 9. The van der Waals surface area contributed by atoms with Crippen LogP contribution in [0.1, 0.15) is 25.0 Å². The predicted octanol–water partition coefficient (Wildman–Crippen LogP) is 3.23. The number of ether oxygens (including phenoxy) is 2. The summed E-state index contributed by atoms with van der Waals surface area (Å²) in [5, 5.41) is 2.85. The van der Waals surface area contributed by atoms with E-state index in [9.17, 15) is 4.79 Å². The first-order valence-electron chi connectivity index (χ1n) is 8.86. The Morgan fingerprint density at radius 2 is 1.85 bits per heavy atom. The minimum atomic E-state index is -0.199. The molecule has 0 heterocycles. The topological polar surface area (TPSA) is 50.8 Å². The molecule has 0 unspecified atom stereocenters. The van der Waals surface area contributed by atoms with E-state index in [1.165, 1.54) is 0 Å².